The van der Waals surface area contributed by atoms with Crippen molar-refractivity contribution in [3.05, 3.63) is 0 Å². The fraction of sp³-hybridized carbons (Fsp3) is 0.941. The summed E-state index contributed by atoms with van der Waals surface area (Å²) in [7, 11) is 0. The van der Waals surface area contributed by atoms with E-state index < -0.39 is 0 Å². The van der Waals surface area contributed by atoms with Crippen molar-refractivity contribution in [3.63, 3.8) is 0 Å². The number of hydrogen-bond acceptors (Lipinski definition) is 2. The Morgan fingerprint density at radius 1 is 1.25 bits per heavy atom. The number of piperidine rings is 1. The zero-order valence-electron chi connectivity index (χ0n) is 13.8. The first-order chi connectivity index (χ1) is 9.69. The minimum Gasteiger partial charge on any atom is -0.343 e. The van der Waals surface area contributed by atoms with Crippen molar-refractivity contribution in [2.75, 3.05) is 26.2 Å². The van der Waals surface area contributed by atoms with Crippen molar-refractivity contribution >= 4 is 5.91 Å². The van der Waals surface area contributed by atoms with Crippen LogP contribution in [0.2, 0.25) is 0 Å². The van der Waals surface area contributed by atoms with Gasteiger partial charge in [0, 0.05) is 19.5 Å². The van der Waals surface area contributed by atoms with Crippen molar-refractivity contribution < 1.29 is 4.79 Å². The van der Waals surface area contributed by atoms with E-state index in [0.717, 1.165) is 58.3 Å². The molecule has 1 heterocycles. The third-order valence-corrected chi connectivity index (χ3v) is 4.55. The third-order valence-electron chi connectivity index (χ3n) is 4.55. The van der Waals surface area contributed by atoms with Crippen LogP contribution in [0, 0.1) is 11.8 Å². The molecule has 3 nitrogen and oxygen atoms in total. The molecule has 1 aliphatic rings. The number of carbonyl (C=O) groups excluding carboxylic acids is 1. The molecule has 0 aliphatic carbocycles. The summed E-state index contributed by atoms with van der Waals surface area (Å²) in [5.74, 6) is 1.58. The third kappa shape index (κ3) is 6.25. The van der Waals surface area contributed by atoms with Crippen LogP contribution in [-0.4, -0.2) is 37.0 Å². The molecule has 1 N–H and O–H groups in total. The normalized spacial score (nSPS) is 20.6. The van der Waals surface area contributed by atoms with Crippen LogP contribution in [0.5, 0.6) is 0 Å². The molecule has 1 amide bonds. The number of nitrogens with zero attached hydrogens (tertiary/aromatic N) is 1. The first kappa shape index (κ1) is 17.5. The van der Waals surface area contributed by atoms with Crippen LogP contribution in [0.4, 0.5) is 0 Å². The number of hydrogen-bond donors (Lipinski definition) is 1. The van der Waals surface area contributed by atoms with Crippen molar-refractivity contribution in [1.82, 2.24) is 10.2 Å². The topological polar surface area (TPSA) is 32.3 Å². The van der Waals surface area contributed by atoms with Crippen LogP contribution in [0.1, 0.15) is 65.7 Å². The predicted octanol–water partition coefficient (Wildman–Crippen LogP) is 3.44. The molecule has 20 heavy (non-hydrogen) atoms. The highest BCUT2D eigenvalue weighted by molar-refractivity contribution is 5.76. The van der Waals surface area contributed by atoms with E-state index in [4.69, 9.17) is 0 Å². The van der Waals surface area contributed by atoms with E-state index in [2.05, 4.69) is 31.0 Å². The average molecular weight is 282 g/mol. The number of rotatable bonds is 9. The monoisotopic (exact) mass is 282 g/mol. The Labute approximate surface area is 125 Å². The Balaban J connectivity index is 2.41. The smallest absolute Gasteiger partial charge is 0.222 e. The van der Waals surface area contributed by atoms with Gasteiger partial charge in [-0.2, -0.15) is 0 Å². The molecule has 0 aromatic carbocycles. The summed E-state index contributed by atoms with van der Waals surface area (Å²) in [6.45, 7) is 10.8. The van der Waals surface area contributed by atoms with Gasteiger partial charge in [-0.1, -0.05) is 33.6 Å². The van der Waals surface area contributed by atoms with Gasteiger partial charge < -0.3 is 10.2 Å². The fourth-order valence-corrected chi connectivity index (χ4v) is 2.99. The van der Waals surface area contributed by atoms with Crippen molar-refractivity contribution in [3.8, 4) is 0 Å². The van der Waals surface area contributed by atoms with Crippen molar-refractivity contribution in [2.45, 2.75) is 65.7 Å². The van der Waals surface area contributed by atoms with E-state index in [1.54, 1.807) is 0 Å². The van der Waals surface area contributed by atoms with Crippen LogP contribution in [0.15, 0.2) is 0 Å². The molecule has 0 saturated carbocycles. The maximum atomic E-state index is 12.5. The summed E-state index contributed by atoms with van der Waals surface area (Å²) in [6, 6.07) is 0. The highest BCUT2D eigenvalue weighted by Crippen LogP contribution is 2.23. The SMILES string of the molecule is CCCCN(CCCC)C(=O)CC(C)C1CCCNC1. The molecule has 0 spiro atoms. The molecule has 3 heteroatoms. The molecule has 0 radical (unpaired) electrons. The predicted molar refractivity (Wildman–Crippen MR) is 85.8 cm³/mol. The second-order valence-electron chi connectivity index (χ2n) is 6.38. The molecular weight excluding hydrogens is 248 g/mol. The van der Waals surface area contributed by atoms with E-state index >= 15 is 0 Å². The molecule has 1 fully saturated rings. The van der Waals surface area contributed by atoms with E-state index in [9.17, 15) is 4.79 Å². The molecule has 0 aromatic rings. The number of amides is 1. The summed E-state index contributed by atoms with van der Waals surface area (Å²) in [5, 5.41) is 3.46. The lowest BCUT2D eigenvalue weighted by molar-refractivity contribution is -0.132. The molecule has 0 aromatic heterocycles. The lowest BCUT2D eigenvalue weighted by atomic mass is 9.85. The standard InChI is InChI=1S/C17H34N2O/c1-4-6-11-19(12-7-5-2)17(20)13-15(3)16-9-8-10-18-14-16/h15-16,18H,4-14H2,1-3H3. The van der Waals surface area contributed by atoms with Gasteiger partial charge in [-0.05, 0) is 50.6 Å². The number of carbonyl (C=O) groups is 1. The van der Waals surface area contributed by atoms with Gasteiger partial charge in [-0.15, -0.1) is 0 Å². The van der Waals surface area contributed by atoms with Gasteiger partial charge in [0.05, 0.1) is 0 Å². The second-order valence-corrected chi connectivity index (χ2v) is 6.38. The summed E-state index contributed by atoms with van der Waals surface area (Å²) in [5.41, 5.74) is 0. The van der Waals surface area contributed by atoms with Gasteiger partial charge in [0.15, 0.2) is 0 Å². The maximum Gasteiger partial charge on any atom is 0.222 e. The second kappa shape index (κ2) is 10.2. The summed E-state index contributed by atoms with van der Waals surface area (Å²) >= 11 is 0. The lowest BCUT2D eigenvalue weighted by Crippen LogP contribution is -2.38. The number of nitrogens with one attached hydrogen (secondary N) is 1. The molecule has 2 unspecified atom stereocenters. The van der Waals surface area contributed by atoms with Crippen LogP contribution < -0.4 is 5.32 Å². The minimum absolute atomic E-state index is 0.380. The Morgan fingerprint density at radius 2 is 1.90 bits per heavy atom. The van der Waals surface area contributed by atoms with E-state index in [0.29, 0.717) is 17.7 Å². The quantitative estimate of drug-likeness (QED) is 0.702. The fourth-order valence-electron chi connectivity index (χ4n) is 2.99. The van der Waals surface area contributed by atoms with Gasteiger partial charge in [-0.3, -0.25) is 4.79 Å². The minimum atomic E-state index is 0.380. The molecule has 0 bridgehead atoms. The zero-order chi connectivity index (χ0) is 14.8. The highest BCUT2D eigenvalue weighted by atomic mass is 16.2. The first-order valence-corrected chi connectivity index (χ1v) is 8.67. The van der Waals surface area contributed by atoms with Crippen LogP contribution in [-0.2, 0) is 4.79 Å². The average Bonchev–Trinajstić information content (AvgIpc) is 2.48. The van der Waals surface area contributed by atoms with Gasteiger partial charge in [0.2, 0.25) is 5.91 Å². The van der Waals surface area contributed by atoms with Gasteiger partial charge in [-0.25, -0.2) is 0 Å². The van der Waals surface area contributed by atoms with Gasteiger partial charge >= 0.3 is 0 Å². The van der Waals surface area contributed by atoms with E-state index in [-0.39, 0.29) is 0 Å². The number of unbranched alkanes of at least 4 members (excludes halogenated alkanes) is 2. The van der Waals surface area contributed by atoms with Gasteiger partial charge in [0.1, 0.15) is 0 Å². The van der Waals surface area contributed by atoms with Crippen LogP contribution >= 0.6 is 0 Å². The molecule has 1 aliphatic heterocycles. The largest absolute Gasteiger partial charge is 0.343 e. The Bertz CT molecular complexity index is 254. The maximum absolute atomic E-state index is 12.5. The lowest BCUT2D eigenvalue weighted by Gasteiger charge is -2.30. The van der Waals surface area contributed by atoms with Crippen molar-refractivity contribution in [1.29, 1.82) is 0 Å². The summed E-state index contributed by atoms with van der Waals surface area (Å²) in [6.07, 6.45) is 7.88. The Morgan fingerprint density at radius 3 is 2.40 bits per heavy atom. The van der Waals surface area contributed by atoms with Gasteiger partial charge in [0.25, 0.3) is 0 Å². The molecule has 1 saturated heterocycles. The molecule has 1 rings (SSSR count). The van der Waals surface area contributed by atoms with Crippen molar-refractivity contribution in [2.24, 2.45) is 11.8 Å². The zero-order valence-corrected chi connectivity index (χ0v) is 13.8. The van der Waals surface area contributed by atoms with E-state index in [1.165, 1.54) is 12.8 Å². The Hall–Kier alpha value is -0.570. The molecule has 118 valence electrons. The Kier molecular flexibility index (Phi) is 8.92. The first-order valence-electron chi connectivity index (χ1n) is 8.67. The summed E-state index contributed by atoms with van der Waals surface area (Å²) in [4.78, 5) is 14.6. The van der Waals surface area contributed by atoms with Crippen LogP contribution in [0.3, 0.4) is 0 Å². The molecular formula is C17H34N2O. The molecule has 2 atom stereocenters. The van der Waals surface area contributed by atoms with E-state index in [1.807, 2.05) is 0 Å². The highest BCUT2D eigenvalue weighted by Gasteiger charge is 2.24. The van der Waals surface area contributed by atoms with Crippen LogP contribution in [0.25, 0.3) is 0 Å². The summed E-state index contributed by atoms with van der Waals surface area (Å²) < 4.78 is 0.